The second-order valence-corrected chi connectivity index (χ2v) is 3.11. The fraction of sp³-hybridized carbons (Fsp3) is 0.333. The first-order valence-electron chi connectivity index (χ1n) is 4.36. The van der Waals surface area contributed by atoms with Crippen LogP contribution in [0.2, 0.25) is 0 Å². The molecule has 1 aromatic heterocycles. The highest BCUT2D eigenvalue weighted by Crippen LogP contribution is 2.24. The molecule has 7 heteroatoms. The molecule has 0 bridgehead atoms. The van der Waals surface area contributed by atoms with Gasteiger partial charge in [-0.3, -0.25) is 14.9 Å². The second-order valence-electron chi connectivity index (χ2n) is 3.11. The molecular formula is C9H10N2O5. The van der Waals surface area contributed by atoms with E-state index in [1.54, 1.807) is 6.92 Å². The number of aromatic nitrogens is 1. The van der Waals surface area contributed by atoms with Gasteiger partial charge >= 0.3 is 5.97 Å². The summed E-state index contributed by atoms with van der Waals surface area (Å²) in [6.07, 6.45) is -0.507. The van der Waals surface area contributed by atoms with Crippen molar-refractivity contribution in [3.8, 4) is 5.88 Å². The summed E-state index contributed by atoms with van der Waals surface area (Å²) in [6, 6.07) is 1.25. The van der Waals surface area contributed by atoms with Crippen LogP contribution >= 0.6 is 0 Å². The zero-order chi connectivity index (χ0) is 12.3. The Hall–Kier alpha value is -2.18. The molecule has 0 radical (unpaired) electrons. The van der Waals surface area contributed by atoms with Crippen LogP contribution < -0.4 is 4.74 Å². The van der Waals surface area contributed by atoms with Gasteiger partial charge in [0.25, 0.3) is 5.69 Å². The highest BCUT2D eigenvalue weighted by molar-refractivity contribution is 5.71. The van der Waals surface area contributed by atoms with Gasteiger partial charge in [0, 0.05) is 11.6 Å². The van der Waals surface area contributed by atoms with E-state index in [-0.39, 0.29) is 17.3 Å². The number of aryl methyl sites for hydroxylation is 1. The molecule has 0 saturated heterocycles. The highest BCUT2D eigenvalue weighted by Gasteiger charge is 2.20. The smallest absolute Gasteiger partial charge is 0.309 e. The van der Waals surface area contributed by atoms with E-state index in [0.29, 0.717) is 5.56 Å². The molecule has 0 spiro atoms. The van der Waals surface area contributed by atoms with E-state index in [1.807, 2.05) is 0 Å². The summed E-state index contributed by atoms with van der Waals surface area (Å²) in [5.74, 6) is -0.983. The van der Waals surface area contributed by atoms with Gasteiger partial charge in [-0.25, -0.2) is 4.98 Å². The van der Waals surface area contributed by atoms with Crippen LogP contribution in [0.5, 0.6) is 5.88 Å². The number of methoxy groups -OCH3 is 1. The van der Waals surface area contributed by atoms with Crippen LogP contribution in [-0.4, -0.2) is 28.1 Å². The van der Waals surface area contributed by atoms with Gasteiger partial charge in [0.1, 0.15) is 5.69 Å². The molecule has 0 fully saturated rings. The average Bonchev–Trinajstić information content (AvgIpc) is 2.19. The monoisotopic (exact) mass is 226 g/mol. The topological polar surface area (TPSA) is 103 Å². The zero-order valence-corrected chi connectivity index (χ0v) is 8.76. The summed E-state index contributed by atoms with van der Waals surface area (Å²) in [5, 5.41) is 19.3. The van der Waals surface area contributed by atoms with Gasteiger partial charge in [-0.05, 0) is 6.92 Å². The molecule has 1 aromatic rings. The highest BCUT2D eigenvalue weighted by atomic mass is 16.6. The molecule has 16 heavy (non-hydrogen) atoms. The summed E-state index contributed by atoms with van der Waals surface area (Å²) in [7, 11) is 1.37. The maximum atomic E-state index is 10.7. The first-order valence-corrected chi connectivity index (χ1v) is 4.36. The van der Waals surface area contributed by atoms with Gasteiger partial charge in [0.15, 0.2) is 0 Å². The Morgan fingerprint density at radius 3 is 2.75 bits per heavy atom. The summed E-state index contributed by atoms with van der Waals surface area (Å²) >= 11 is 0. The molecule has 0 aliphatic carbocycles. The molecule has 1 rings (SSSR count). The fourth-order valence-electron chi connectivity index (χ4n) is 1.26. The summed E-state index contributed by atoms with van der Waals surface area (Å²) in [5.41, 5.74) is 0.0731. The van der Waals surface area contributed by atoms with Crippen LogP contribution in [0.4, 0.5) is 5.69 Å². The Morgan fingerprint density at radius 2 is 2.31 bits per heavy atom. The van der Waals surface area contributed by atoms with Gasteiger partial charge < -0.3 is 9.84 Å². The quantitative estimate of drug-likeness (QED) is 0.605. The van der Waals surface area contributed by atoms with Gasteiger partial charge in [-0.2, -0.15) is 0 Å². The largest absolute Gasteiger partial charge is 0.481 e. The first-order chi connectivity index (χ1) is 7.45. The number of hydrogen-bond donors (Lipinski definition) is 1. The first kappa shape index (κ1) is 11.9. The van der Waals surface area contributed by atoms with Crippen molar-refractivity contribution in [2.75, 3.05) is 7.11 Å². The Labute approximate surface area is 90.8 Å². The van der Waals surface area contributed by atoms with Crippen LogP contribution in [0, 0.1) is 17.0 Å². The van der Waals surface area contributed by atoms with E-state index in [1.165, 1.54) is 13.2 Å². The minimum atomic E-state index is -1.18. The molecule has 0 aromatic carbocycles. The number of ether oxygens (including phenoxy) is 1. The lowest BCUT2D eigenvalue weighted by molar-refractivity contribution is -0.386. The van der Waals surface area contributed by atoms with E-state index in [0.717, 1.165) is 0 Å². The minimum Gasteiger partial charge on any atom is -0.481 e. The molecule has 0 unspecified atom stereocenters. The summed E-state index contributed by atoms with van der Waals surface area (Å²) in [4.78, 5) is 24.4. The van der Waals surface area contributed by atoms with Crippen molar-refractivity contribution in [1.82, 2.24) is 4.98 Å². The third kappa shape index (κ3) is 2.44. The Balaban J connectivity index is 3.30. The number of nitro groups is 1. The van der Waals surface area contributed by atoms with Gasteiger partial charge in [0.2, 0.25) is 5.88 Å². The predicted octanol–water partition coefficient (Wildman–Crippen LogP) is 0.934. The molecule has 1 N–H and O–H groups in total. The second kappa shape index (κ2) is 4.56. The summed E-state index contributed by atoms with van der Waals surface area (Å²) in [6.45, 7) is 1.60. The zero-order valence-electron chi connectivity index (χ0n) is 8.76. The van der Waals surface area contributed by atoms with Crippen LogP contribution in [0.1, 0.15) is 11.3 Å². The molecule has 0 amide bonds. The van der Waals surface area contributed by atoms with Crippen molar-refractivity contribution < 1.29 is 19.6 Å². The van der Waals surface area contributed by atoms with Crippen LogP contribution in [0.15, 0.2) is 6.07 Å². The Bertz CT molecular complexity index is 444. The van der Waals surface area contributed by atoms with Gasteiger partial charge in [-0.1, -0.05) is 0 Å². The van der Waals surface area contributed by atoms with Crippen LogP contribution in [0.3, 0.4) is 0 Å². The molecule has 7 nitrogen and oxygen atoms in total. The minimum absolute atomic E-state index is 0.111. The van der Waals surface area contributed by atoms with Crippen molar-refractivity contribution in [2.24, 2.45) is 0 Å². The van der Waals surface area contributed by atoms with Crippen LogP contribution in [0.25, 0.3) is 0 Å². The lowest BCUT2D eigenvalue weighted by atomic mass is 10.2. The molecule has 0 aliphatic heterocycles. The van der Waals surface area contributed by atoms with E-state index >= 15 is 0 Å². The van der Waals surface area contributed by atoms with E-state index in [2.05, 4.69) is 4.98 Å². The molecule has 86 valence electrons. The van der Waals surface area contributed by atoms with E-state index in [9.17, 15) is 14.9 Å². The van der Waals surface area contributed by atoms with Crippen LogP contribution in [-0.2, 0) is 11.2 Å². The SMILES string of the molecule is COc1nc(CC(=O)O)c([N+](=O)[O-])cc1C. The predicted molar refractivity (Wildman–Crippen MR) is 53.5 cm³/mol. The van der Waals surface area contributed by atoms with Gasteiger partial charge in [0.05, 0.1) is 18.5 Å². The van der Waals surface area contributed by atoms with Crippen molar-refractivity contribution in [1.29, 1.82) is 0 Å². The maximum absolute atomic E-state index is 10.7. The molecule has 0 aliphatic rings. The molecule has 0 saturated carbocycles. The maximum Gasteiger partial charge on any atom is 0.309 e. The normalized spacial score (nSPS) is 9.88. The van der Waals surface area contributed by atoms with E-state index < -0.39 is 17.3 Å². The standard InChI is InChI=1S/C9H10N2O5/c1-5-3-7(11(14)15)6(4-8(12)13)10-9(5)16-2/h3H,4H2,1-2H3,(H,12,13). The number of carboxylic acid groups (broad SMARTS) is 1. The van der Waals surface area contributed by atoms with Gasteiger partial charge in [-0.15, -0.1) is 0 Å². The third-order valence-electron chi connectivity index (χ3n) is 1.93. The summed E-state index contributed by atoms with van der Waals surface area (Å²) < 4.78 is 4.88. The van der Waals surface area contributed by atoms with Crippen molar-refractivity contribution in [3.05, 3.63) is 27.4 Å². The molecular weight excluding hydrogens is 216 g/mol. The number of carbonyl (C=O) groups is 1. The number of pyridine rings is 1. The van der Waals surface area contributed by atoms with Crippen molar-refractivity contribution in [3.63, 3.8) is 0 Å². The third-order valence-corrected chi connectivity index (χ3v) is 1.93. The van der Waals surface area contributed by atoms with E-state index in [4.69, 9.17) is 9.84 Å². The Morgan fingerprint density at radius 1 is 1.69 bits per heavy atom. The number of hydrogen-bond acceptors (Lipinski definition) is 5. The number of nitrogens with zero attached hydrogens (tertiary/aromatic N) is 2. The number of aliphatic carboxylic acids is 1. The lowest BCUT2D eigenvalue weighted by Crippen LogP contribution is -2.08. The Kier molecular flexibility index (Phi) is 3.39. The number of carboxylic acids is 1. The molecule has 0 atom stereocenters. The lowest BCUT2D eigenvalue weighted by Gasteiger charge is -2.06. The number of rotatable bonds is 4. The van der Waals surface area contributed by atoms with Crippen molar-refractivity contribution >= 4 is 11.7 Å². The fourth-order valence-corrected chi connectivity index (χ4v) is 1.26. The average molecular weight is 226 g/mol. The van der Waals surface area contributed by atoms with Crippen molar-refractivity contribution in [2.45, 2.75) is 13.3 Å². The molecule has 1 heterocycles.